The lowest BCUT2D eigenvalue weighted by atomic mass is 10.1. The van der Waals surface area contributed by atoms with Crippen LogP contribution in [-0.2, 0) is 6.54 Å². The van der Waals surface area contributed by atoms with E-state index in [0.717, 1.165) is 12.8 Å². The molecule has 4 rings (SSSR count). The maximum absolute atomic E-state index is 12.8. The largest absolute Gasteiger partial charge is 0.497 e. The molecule has 1 aliphatic rings. The predicted octanol–water partition coefficient (Wildman–Crippen LogP) is 1.76. The first-order valence-corrected chi connectivity index (χ1v) is 9.35. The van der Waals surface area contributed by atoms with Crippen LogP contribution in [-0.4, -0.2) is 37.5 Å². The van der Waals surface area contributed by atoms with Gasteiger partial charge < -0.3 is 10.1 Å². The van der Waals surface area contributed by atoms with E-state index in [1.807, 2.05) is 0 Å². The number of hydrogen-bond donors (Lipinski definition) is 1. The van der Waals surface area contributed by atoms with Gasteiger partial charge in [0.25, 0.3) is 11.5 Å². The van der Waals surface area contributed by atoms with Crippen LogP contribution in [0, 0.1) is 0 Å². The van der Waals surface area contributed by atoms with Gasteiger partial charge in [-0.25, -0.2) is 15.0 Å². The van der Waals surface area contributed by atoms with Crippen LogP contribution in [0.5, 0.6) is 5.75 Å². The summed E-state index contributed by atoms with van der Waals surface area (Å²) in [5, 5.41) is 2.98. The summed E-state index contributed by atoms with van der Waals surface area (Å²) >= 11 is 0. The van der Waals surface area contributed by atoms with Crippen LogP contribution in [0.3, 0.4) is 0 Å². The van der Waals surface area contributed by atoms with Crippen molar-refractivity contribution in [2.24, 2.45) is 0 Å². The normalized spacial score (nSPS) is 15.8. The first kappa shape index (κ1) is 18.7. The molecule has 9 heteroatoms. The van der Waals surface area contributed by atoms with E-state index < -0.39 is 6.04 Å². The van der Waals surface area contributed by atoms with Crippen molar-refractivity contribution < 1.29 is 9.53 Å². The van der Waals surface area contributed by atoms with Crippen molar-refractivity contribution in [1.29, 1.82) is 0 Å². The van der Waals surface area contributed by atoms with E-state index >= 15 is 0 Å². The lowest BCUT2D eigenvalue weighted by Gasteiger charge is -2.19. The van der Waals surface area contributed by atoms with Gasteiger partial charge in [0.15, 0.2) is 0 Å². The van der Waals surface area contributed by atoms with Crippen molar-refractivity contribution in [2.75, 3.05) is 7.11 Å². The lowest BCUT2D eigenvalue weighted by molar-refractivity contribution is 0.0927. The van der Waals surface area contributed by atoms with Gasteiger partial charge in [-0.1, -0.05) is 0 Å². The molecule has 1 unspecified atom stereocenters. The smallest absolute Gasteiger partial charge is 0.270 e. The molecule has 1 N–H and O–H groups in total. The van der Waals surface area contributed by atoms with Crippen LogP contribution in [0.1, 0.15) is 41.6 Å². The van der Waals surface area contributed by atoms with Gasteiger partial charge in [0, 0.05) is 31.1 Å². The molecule has 9 nitrogen and oxygen atoms in total. The molecular weight excluding hydrogens is 372 g/mol. The fourth-order valence-corrected chi connectivity index (χ4v) is 3.37. The number of carbonyl (C=O) groups is 1. The number of hydrogen-bond acceptors (Lipinski definition) is 7. The minimum absolute atomic E-state index is 0.163. The number of rotatable bonds is 4. The number of nitrogens with zero attached hydrogens (tertiary/aromatic N) is 5. The molecule has 3 aromatic heterocycles. The van der Waals surface area contributed by atoms with E-state index in [-0.39, 0.29) is 17.2 Å². The van der Waals surface area contributed by atoms with Gasteiger partial charge in [0.2, 0.25) is 0 Å². The monoisotopic (exact) mass is 392 g/mol. The average molecular weight is 392 g/mol. The first-order valence-electron chi connectivity index (χ1n) is 9.35. The van der Waals surface area contributed by atoms with E-state index in [1.165, 1.54) is 25.7 Å². The minimum Gasteiger partial charge on any atom is -0.497 e. The topological polar surface area (TPSA) is 112 Å². The van der Waals surface area contributed by atoms with Crippen LogP contribution in [0.4, 0.5) is 0 Å². The number of ether oxygens (including phenoxy) is 1. The molecule has 0 saturated heterocycles. The Morgan fingerprint density at radius 3 is 2.86 bits per heavy atom. The molecule has 29 heavy (non-hydrogen) atoms. The summed E-state index contributed by atoms with van der Waals surface area (Å²) in [6.07, 6.45) is 6.91. The van der Waals surface area contributed by atoms with Crippen molar-refractivity contribution in [3.8, 4) is 17.1 Å². The van der Waals surface area contributed by atoms with Gasteiger partial charge in [-0.05, 0) is 31.4 Å². The van der Waals surface area contributed by atoms with E-state index in [2.05, 4.69) is 25.3 Å². The molecule has 0 fully saturated rings. The van der Waals surface area contributed by atoms with Crippen molar-refractivity contribution >= 4 is 5.91 Å². The highest BCUT2D eigenvalue weighted by atomic mass is 16.5. The Hall–Kier alpha value is -3.62. The molecule has 0 radical (unpaired) electrons. The van der Waals surface area contributed by atoms with Crippen molar-refractivity contribution in [1.82, 2.24) is 29.8 Å². The number of nitrogens with one attached hydrogen (secondary N) is 1. The zero-order valence-corrected chi connectivity index (χ0v) is 15.9. The molecule has 0 aliphatic carbocycles. The highest BCUT2D eigenvalue weighted by molar-refractivity contribution is 5.92. The lowest BCUT2D eigenvalue weighted by Crippen LogP contribution is -2.34. The number of fused-ring (bicyclic) bond motifs is 1. The third-order valence-corrected chi connectivity index (χ3v) is 4.82. The van der Waals surface area contributed by atoms with E-state index in [4.69, 9.17) is 4.74 Å². The zero-order chi connectivity index (χ0) is 20.2. The Labute approximate surface area is 166 Å². The van der Waals surface area contributed by atoms with Crippen molar-refractivity contribution in [3.63, 3.8) is 0 Å². The molecule has 0 aromatic carbocycles. The molecule has 3 aromatic rings. The maximum atomic E-state index is 12.8. The SMILES string of the molecule is COc1ccnc(C(=O)NC2CCCCn3c2nc(-c2ccncn2)cc3=O)c1. The number of aromatic nitrogens is 5. The van der Waals surface area contributed by atoms with Crippen LogP contribution in [0.25, 0.3) is 11.4 Å². The third kappa shape index (κ3) is 3.98. The Kier molecular flexibility index (Phi) is 5.28. The third-order valence-electron chi connectivity index (χ3n) is 4.82. The van der Waals surface area contributed by atoms with Gasteiger partial charge >= 0.3 is 0 Å². The molecule has 0 spiro atoms. The predicted molar refractivity (Wildman–Crippen MR) is 104 cm³/mol. The fourth-order valence-electron chi connectivity index (χ4n) is 3.37. The van der Waals surface area contributed by atoms with Crippen LogP contribution >= 0.6 is 0 Å². The maximum Gasteiger partial charge on any atom is 0.270 e. The number of methoxy groups -OCH3 is 1. The van der Waals surface area contributed by atoms with Gasteiger partial charge in [0.05, 0.1) is 24.5 Å². The molecule has 1 aliphatic heterocycles. The Bertz CT molecular complexity index is 1080. The standard InChI is InChI=1S/C20H20N6O3/c1-29-13-5-8-22-17(10-13)20(28)25-15-4-2-3-9-26-18(27)11-16(24-19(15)26)14-6-7-21-12-23-14/h5-8,10-12,15H,2-4,9H2,1H3,(H,25,28). The van der Waals surface area contributed by atoms with Crippen molar-refractivity contribution in [3.05, 3.63) is 64.9 Å². The second kappa shape index (κ2) is 8.17. The summed E-state index contributed by atoms with van der Waals surface area (Å²) in [5.74, 6) is 0.732. The number of amides is 1. The quantitative estimate of drug-likeness (QED) is 0.720. The number of carbonyl (C=O) groups excluding carboxylic acids is 1. The van der Waals surface area contributed by atoms with Gasteiger partial charge in [-0.2, -0.15) is 0 Å². The summed E-state index contributed by atoms with van der Waals surface area (Å²) in [6, 6.07) is 6.01. The zero-order valence-electron chi connectivity index (χ0n) is 15.9. The fraction of sp³-hybridized carbons (Fsp3) is 0.300. The highest BCUT2D eigenvalue weighted by Gasteiger charge is 2.25. The van der Waals surface area contributed by atoms with Gasteiger partial charge in [-0.15, -0.1) is 0 Å². The van der Waals surface area contributed by atoms with Crippen LogP contribution < -0.4 is 15.6 Å². The summed E-state index contributed by atoms with van der Waals surface area (Å²) in [5.41, 5.74) is 1.10. The van der Waals surface area contributed by atoms with Gasteiger partial charge in [-0.3, -0.25) is 19.1 Å². The Morgan fingerprint density at radius 2 is 2.07 bits per heavy atom. The number of pyridine rings is 1. The van der Waals surface area contributed by atoms with Crippen LogP contribution in [0.2, 0.25) is 0 Å². The van der Waals surface area contributed by atoms with E-state index in [0.29, 0.717) is 35.9 Å². The highest BCUT2D eigenvalue weighted by Crippen LogP contribution is 2.24. The van der Waals surface area contributed by atoms with E-state index in [9.17, 15) is 9.59 Å². The second-order valence-corrected chi connectivity index (χ2v) is 6.69. The summed E-state index contributed by atoms with van der Waals surface area (Å²) in [7, 11) is 1.53. The molecule has 1 amide bonds. The van der Waals surface area contributed by atoms with E-state index in [1.54, 1.807) is 29.0 Å². The summed E-state index contributed by atoms with van der Waals surface area (Å²) in [6.45, 7) is 0.564. The molecular formula is C20H20N6O3. The summed E-state index contributed by atoms with van der Waals surface area (Å²) < 4.78 is 6.79. The Balaban J connectivity index is 1.70. The molecule has 0 bridgehead atoms. The first-order chi connectivity index (χ1) is 14.2. The van der Waals surface area contributed by atoms with Gasteiger partial charge in [0.1, 0.15) is 23.6 Å². The Morgan fingerprint density at radius 1 is 1.17 bits per heavy atom. The second-order valence-electron chi connectivity index (χ2n) is 6.69. The van der Waals surface area contributed by atoms with Crippen LogP contribution in [0.15, 0.2) is 47.8 Å². The molecule has 0 saturated carbocycles. The van der Waals surface area contributed by atoms with Crippen molar-refractivity contribution in [2.45, 2.75) is 31.8 Å². The molecule has 1 atom stereocenters. The molecule has 4 heterocycles. The molecule has 148 valence electrons. The summed E-state index contributed by atoms with van der Waals surface area (Å²) in [4.78, 5) is 42.4. The average Bonchev–Trinajstić information content (AvgIpc) is 2.97. The minimum atomic E-state index is -0.410.